The first-order valence-electron chi connectivity index (χ1n) is 4.38. The minimum Gasteiger partial charge on any atom is -0.492 e. The summed E-state index contributed by atoms with van der Waals surface area (Å²) in [5.41, 5.74) is 4.99. The molecule has 1 aromatic carbocycles. The quantitative estimate of drug-likeness (QED) is 0.415. The zero-order valence-corrected chi connectivity index (χ0v) is 8.13. The Morgan fingerprint density at radius 1 is 1.38 bits per heavy atom. The van der Waals surface area contributed by atoms with Crippen LogP contribution in [0.15, 0.2) is 18.2 Å². The molecule has 0 spiro atoms. The zero-order chi connectivity index (χ0) is 9.68. The fourth-order valence-electron chi connectivity index (χ4n) is 1.10. The molecule has 3 heteroatoms. The van der Waals surface area contributed by atoms with Crippen LogP contribution in [0.2, 0.25) is 0 Å². The van der Waals surface area contributed by atoms with Gasteiger partial charge in [-0.1, -0.05) is 12.1 Å². The Hall–Kier alpha value is -1.06. The van der Waals surface area contributed by atoms with Crippen molar-refractivity contribution in [1.82, 2.24) is 5.43 Å². The van der Waals surface area contributed by atoms with Gasteiger partial charge in [0.1, 0.15) is 12.4 Å². The first kappa shape index (κ1) is 10.0. The third-order valence-corrected chi connectivity index (χ3v) is 2.06. The Morgan fingerprint density at radius 2 is 2.15 bits per heavy atom. The molecule has 0 saturated carbocycles. The average molecular weight is 180 g/mol. The van der Waals surface area contributed by atoms with E-state index in [1.165, 1.54) is 11.1 Å². The predicted octanol–water partition coefficient (Wildman–Crippen LogP) is 1.15. The number of rotatable bonds is 4. The standard InChI is InChI=1S/C10H16N2O/c1-8-4-3-5-10(9(8)2)13-7-6-12-11/h3-5,12H,6-7,11H2,1-2H3. The summed E-state index contributed by atoms with van der Waals surface area (Å²) in [6.07, 6.45) is 0. The zero-order valence-electron chi connectivity index (χ0n) is 8.13. The van der Waals surface area contributed by atoms with Crippen LogP contribution in [0.3, 0.4) is 0 Å². The maximum absolute atomic E-state index is 5.52. The summed E-state index contributed by atoms with van der Waals surface area (Å²) < 4.78 is 5.52. The Labute approximate surface area is 78.9 Å². The minimum atomic E-state index is 0.598. The number of nitrogens with one attached hydrogen (secondary N) is 1. The van der Waals surface area contributed by atoms with Crippen molar-refractivity contribution in [3.63, 3.8) is 0 Å². The lowest BCUT2D eigenvalue weighted by atomic mass is 10.1. The molecule has 1 rings (SSSR count). The molecule has 0 fully saturated rings. The fourth-order valence-corrected chi connectivity index (χ4v) is 1.10. The highest BCUT2D eigenvalue weighted by atomic mass is 16.5. The number of hydrazine groups is 1. The van der Waals surface area contributed by atoms with Crippen LogP contribution in [0.4, 0.5) is 0 Å². The van der Waals surface area contributed by atoms with Crippen LogP contribution < -0.4 is 16.0 Å². The van der Waals surface area contributed by atoms with Crippen LogP contribution in [-0.2, 0) is 0 Å². The van der Waals surface area contributed by atoms with Gasteiger partial charge in [-0.15, -0.1) is 0 Å². The molecule has 3 N–H and O–H groups in total. The van der Waals surface area contributed by atoms with Crippen molar-refractivity contribution in [1.29, 1.82) is 0 Å². The van der Waals surface area contributed by atoms with Gasteiger partial charge < -0.3 is 4.74 Å². The van der Waals surface area contributed by atoms with Gasteiger partial charge in [-0.25, -0.2) is 0 Å². The molecule has 0 saturated heterocycles. The van der Waals surface area contributed by atoms with E-state index in [0.29, 0.717) is 13.2 Å². The van der Waals surface area contributed by atoms with Crippen molar-refractivity contribution in [3.05, 3.63) is 29.3 Å². The summed E-state index contributed by atoms with van der Waals surface area (Å²) in [4.78, 5) is 0. The highest BCUT2D eigenvalue weighted by Gasteiger charge is 2.00. The van der Waals surface area contributed by atoms with Gasteiger partial charge in [0.15, 0.2) is 0 Å². The maximum atomic E-state index is 5.52. The third kappa shape index (κ3) is 2.72. The summed E-state index contributed by atoms with van der Waals surface area (Å²) in [7, 11) is 0. The summed E-state index contributed by atoms with van der Waals surface area (Å²) in [6, 6.07) is 6.04. The largest absolute Gasteiger partial charge is 0.492 e. The van der Waals surface area contributed by atoms with E-state index < -0.39 is 0 Å². The number of benzene rings is 1. The Balaban J connectivity index is 2.61. The van der Waals surface area contributed by atoms with E-state index in [1.54, 1.807) is 0 Å². The summed E-state index contributed by atoms with van der Waals surface area (Å²) in [5, 5.41) is 0. The normalized spacial score (nSPS) is 10.1. The fraction of sp³-hybridized carbons (Fsp3) is 0.400. The lowest BCUT2D eigenvalue weighted by molar-refractivity contribution is 0.313. The second kappa shape index (κ2) is 4.84. The second-order valence-electron chi connectivity index (χ2n) is 3.00. The molecule has 0 heterocycles. The van der Waals surface area contributed by atoms with Crippen molar-refractivity contribution in [3.8, 4) is 5.75 Å². The third-order valence-electron chi connectivity index (χ3n) is 2.06. The van der Waals surface area contributed by atoms with Gasteiger partial charge in [-0.3, -0.25) is 11.3 Å². The smallest absolute Gasteiger partial charge is 0.122 e. The second-order valence-corrected chi connectivity index (χ2v) is 3.00. The van der Waals surface area contributed by atoms with Crippen molar-refractivity contribution >= 4 is 0 Å². The molecule has 0 bridgehead atoms. The molecular formula is C10H16N2O. The highest BCUT2D eigenvalue weighted by Crippen LogP contribution is 2.19. The Morgan fingerprint density at radius 3 is 2.85 bits per heavy atom. The highest BCUT2D eigenvalue weighted by molar-refractivity contribution is 5.38. The number of nitrogens with two attached hydrogens (primary N) is 1. The molecule has 0 unspecified atom stereocenters. The average Bonchev–Trinajstić information content (AvgIpc) is 2.13. The summed E-state index contributed by atoms with van der Waals surface area (Å²) in [6.45, 7) is 5.39. The van der Waals surface area contributed by atoms with Gasteiger partial charge in [0.2, 0.25) is 0 Å². The van der Waals surface area contributed by atoms with Gasteiger partial charge in [0.25, 0.3) is 0 Å². The van der Waals surface area contributed by atoms with Crippen LogP contribution in [0.1, 0.15) is 11.1 Å². The van der Waals surface area contributed by atoms with Gasteiger partial charge in [0, 0.05) is 6.54 Å². The molecule has 72 valence electrons. The Kier molecular flexibility index (Phi) is 3.73. The molecule has 13 heavy (non-hydrogen) atoms. The first-order chi connectivity index (χ1) is 6.25. The maximum Gasteiger partial charge on any atom is 0.122 e. The van der Waals surface area contributed by atoms with E-state index in [0.717, 1.165) is 5.75 Å². The van der Waals surface area contributed by atoms with Crippen LogP contribution in [0, 0.1) is 13.8 Å². The van der Waals surface area contributed by atoms with E-state index in [1.807, 2.05) is 12.1 Å². The summed E-state index contributed by atoms with van der Waals surface area (Å²) >= 11 is 0. The summed E-state index contributed by atoms with van der Waals surface area (Å²) in [5.74, 6) is 6.07. The van der Waals surface area contributed by atoms with Crippen molar-refractivity contribution in [2.24, 2.45) is 5.84 Å². The first-order valence-corrected chi connectivity index (χ1v) is 4.38. The molecular weight excluding hydrogens is 164 g/mol. The van der Waals surface area contributed by atoms with Crippen molar-refractivity contribution in [2.75, 3.05) is 13.2 Å². The molecule has 0 aliphatic rings. The molecule has 0 aromatic heterocycles. The number of ether oxygens (including phenoxy) is 1. The molecule has 0 aliphatic heterocycles. The van der Waals surface area contributed by atoms with Crippen LogP contribution in [0.25, 0.3) is 0 Å². The number of aryl methyl sites for hydroxylation is 1. The van der Waals surface area contributed by atoms with Crippen molar-refractivity contribution < 1.29 is 4.74 Å². The molecule has 1 aromatic rings. The van der Waals surface area contributed by atoms with E-state index in [9.17, 15) is 0 Å². The SMILES string of the molecule is Cc1cccc(OCCNN)c1C. The Bertz CT molecular complexity index is 274. The lowest BCUT2D eigenvalue weighted by Gasteiger charge is -2.10. The molecule has 0 amide bonds. The van der Waals surface area contributed by atoms with Crippen LogP contribution in [-0.4, -0.2) is 13.2 Å². The van der Waals surface area contributed by atoms with Crippen LogP contribution in [0.5, 0.6) is 5.75 Å². The van der Waals surface area contributed by atoms with Gasteiger partial charge >= 0.3 is 0 Å². The topological polar surface area (TPSA) is 47.3 Å². The minimum absolute atomic E-state index is 0.598. The molecule has 0 atom stereocenters. The number of hydrogen-bond acceptors (Lipinski definition) is 3. The molecule has 3 nitrogen and oxygen atoms in total. The van der Waals surface area contributed by atoms with Gasteiger partial charge in [-0.05, 0) is 31.0 Å². The molecule has 0 radical (unpaired) electrons. The van der Waals surface area contributed by atoms with Gasteiger partial charge in [0.05, 0.1) is 0 Å². The monoisotopic (exact) mass is 180 g/mol. The van der Waals surface area contributed by atoms with E-state index in [2.05, 4.69) is 25.3 Å². The lowest BCUT2D eigenvalue weighted by Crippen LogP contribution is -2.27. The van der Waals surface area contributed by atoms with Crippen molar-refractivity contribution in [2.45, 2.75) is 13.8 Å². The van der Waals surface area contributed by atoms with E-state index in [4.69, 9.17) is 10.6 Å². The predicted molar refractivity (Wildman–Crippen MR) is 53.6 cm³/mol. The van der Waals surface area contributed by atoms with E-state index in [-0.39, 0.29) is 0 Å². The van der Waals surface area contributed by atoms with Crippen LogP contribution >= 0.6 is 0 Å². The van der Waals surface area contributed by atoms with E-state index >= 15 is 0 Å². The molecule has 0 aliphatic carbocycles. The number of hydrogen-bond donors (Lipinski definition) is 2. The van der Waals surface area contributed by atoms with Gasteiger partial charge in [-0.2, -0.15) is 0 Å².